The summed E-state index contributed by atoms with van der Waals surface area (Å²) in [4.78, 5) is 34.2. The van der Waals surface area contributed by atoms with Crippen LogP contribution >= 0.6 is 0 Å². The summed E-state index contributed by atoms with van der Waals surface area (Å²) in [7, 11) is 1.42. The highest BCUT2D eigenvalue weighted by Gasteiger charge is 2.28. The number of methoxy groups -OCH3 is 1. The highest BCUT2D eigenvalue weighted by molar-refractivity contribution is 5.88. The lowest BCUT2D eigenvalue weighted by Crippen LogP contribution is -2.48. The molecule has 1 saturated heterocycles. The molecule has 1 aliphatic rings. The molecule has 0 radical (unpaired) electrons. The number of benzene rings is 1. The van der Waals surface area contributed by atoms with Gasteiger partial charge in [-0.2, -0.15) is 0 Å². The van der Waals surface area contributed by atoms with Crippen LogP contribution in [-0.4, -0.2) is 43.1 Å². The van der Waals surface area contributed by atoms with E-state index in [1.54, 1.807) is 0 Å². The second kappa shape index (κ2) is 7.73. The number of nitrogens with one attached hydrogen (secondary N) is 1. The number of nitro groups is 1. The minimum Gasteiger partial charge on any atom is -0.496 e. The number of hydrogen-bond acceptors (Lipinski definition) is 6. The molecule has 0 spiro atoms. The number of primary amides is 1. The number of amides is 2. The number of non-ortho nitro benzene ring substituents is 1. The summed E-state index contributed by atoms with van der Waals surface area (Å²) >= 11 is 0. The highest BCUT2D eigenvalue weighted by Crippen LogP contribution is 2.25. The molecule has 130 valence electrons. The molecule has 2 amide bonds. The first kappa shape index (κ1) is 17.7. The number of nitrogens with zero attached hydrogens (tertiary/aromatic N) is 1. The monoisotopic (exact) mass is 337 g/mol. The van der Waals surface area contributed by atoms with Gasteiger partial charge in [0.25, 0.3) is 5.69 Å². The lowest BCUT2D eigenvalue weighted by molar-refractivity contribution is -0.384. The fourth-order valence-electron chi connectivity index (χ4n) is 2.51. The van der Waals surface area contributed by atoms with Crippen LogP contribution in [0.2, 0.25) is 0 Å². The first-order valence-electron chi connectivity index (χ1n) is 7.41. The summed E-state index contributed by atoms with van der Waals surface area (Å²) < 4.78 is 10.3. The molecule has 1 heterocycles. The SMILES string of the molecule is COc1ccc([N+](=O)[O-])cc1C[C@@H](NC(=O)[C@@H]1CCOC1)C(N)=O. The van der Waals surface area contributed by atoms with Crippen molar-refractivity contribution in [3.63, 3.8) is 0 Å². The molecule has 1 aromatic carbocycles. The van der Waals surface area contributed by atoms with Crippen LogP contribution in [0.1, 0.15) is 12.0 Å². The molecule has 1 aromatic rings. The number of nitrogens with two attached hydrogens (primary N) is 1. The molecular formula is C15H19N3O6. The van der Waals surface area contributed by atoms with Crippen molar-refractivity contribution in [1.82, 2.24) is 5.32 Å². The second-order valence-corrected chi connectivity index (χ2v) is 5.48. The van der Waals surface area contributed by atoms with Crippen molar-refractivity contribution in [2.45, 2.75) is 18.9 Å². The Morgan fingerprint density at radius 2 is 2.29 bits per heavy atom. The van der Waals surface area contributed by atoms with Gasteiger partial charge < -0.3 is 20.5 Å². The Labute approximate surface area is 138 Å². The van der Waals surface area contributed by atoms with Gasteiger partial charge in [-0.25, -0.2) is 0 Å². The zero-order chi connectivity index (χ0) is 17.7. The first-order valence-corrected chi connectivity index (χ1v) is 7.41. The summed E-state index contributed by atoms with van der Waals surface area (Å²) in [5.41, 5.74) is 5.64. The summed E-state index contributed by atoms with van der Waals surface area (Å²) in [6.07, 6.45) is 0.580. The predicted molar refractivity (Wildman–Crippen MR) is 83.4 cm³/mol. The summed E-state index contributed by atoms with van der Waals surface area (Å²) in [5.74, 6) is -0.985. The van der Waals surface area contributed by atoms with Crippen LogP contribution in [0.15, 0.2) is 18.2 Å². The van der Waals surface area contributed by atoms with Crippen molar-refractivity contribution in [1.29, 1.82) is 0 Å². The molecule has 1 fully saturated rings. The Bertz CT molecular complexity index is 642. The zero-order valence-corrected chi connectivity index (χ0v) is 13.2. The van der Waals surface area contributed by atoms with E-state index in [1.807, 2.05) is 0 Å². The fraction of sp³-hybridized carbons (Fsp3) is 0.467. The fourth-order valence-corrected chi connectivity index (χ4v) is 2.51. The van der Waals surface area contributed by atoms with Gasteiger partial charge in [-0.3, -0.25) is 19.7 Å². The molecule has 3 N–H and O–H groups in total. The number of carbonyl (C=O) groups excluding carboxylic acids is 2. The van der Waals surface area contributed by atoms with Gasteiger partial charge in [0.1, 0.15) is 11.8 Å². The summed E-state index contributed by atoms with van der Waals surface area (Å²) in [6, 6.07) is 3.06. The maximum absolute atomic E-state index is 12.1. The van der Waals surface area contributed by atoms with Crippen LogP contribution in [0.4, 0.5) is 5.69 Å². The van der Waals surface area contributed by atoms with Crippen LogP contribution in [0.25, 0.3) is 0 Å². The van der Waals surface area contributed by atoms with E-state index in [0.717, 1.165) is 0 Å². The molecular weight excluding hydrogens is 318 g/mol. The standard InChI is InChI=1S/C15H19N3O6/c1-23-13-3-2-11(18(21)22)6-10(13)7-12(14(16)19)17-15(20)9-4-5-24-8-9/h2-3,6,9,12H,4-5,7-8H2,1H3,(H2,16,19)(H,17,20)/t9-,12-/m1/s1. The smallest absolute Gasteiger partial charge is 0.269 e. The normalized spacial score (nSPS) is 18.0. The Kier molecular flexibility index (Phi) is 5.69. The number of ether oxygens (including phenoxy) is 2. The summed E-state index contributed by atoms with van der Waals surface area (Å²) in [5, 5.41) is 13.5. The van der Waals surface area contributed by atoms with E-state index in [0.29, 0.717) is 30.9 Å². The molecule has 0 saturated carbocycles. The van der Waals surface area contributed by atoms with E-state index >= 15 is 0 Å². The third-order valence-electron chi connectivity index (χ3n) is 3.86. The second-order valence-electron chi connectivity index (χ2n) is 5.48. The van der Waals surface area contributed by atoms with Crippen molar-refractivity contribution >= 4 is 17.5 Å². The van der Waals surface area contributed by atoms with Gasteiger partial charge in [-0.05, 0) is 12.5 Å². The molecule has 9 nitrogen and oxygen atoms in total. The molecule has 1 aliphatic heterocycles. The Balaban J connectivity index is 2.17. The minimum absolute atomic E-state index is 0.000492. The van der Waals surface area contributed by atoms with E-state index in [-0.39, 0.29) is 23.9 Å². The maximum Gasteiger partial charge on any atom is 0.269 e. The van der Waals surface area contributed by atoms with Crippen LogP contribution in [0.3, 0.4) is 0 Å². The van der Waals surface area contributed by atoms with Crippen molar-refractivity contribution in [3.8, 4) is 5.75 Å². The summed E-state index contributed by atoms with van der Waals surface area (Å²) in [6.45, 7) is 0.801. The molecule has 0 aliphatic carbocycles. The molecule has 9 heteroatoms. The van der Waals surface area contributed by atoms with E-state index in [2.05, 4.69) is 5.32 Å². The van der Waals surface area contributed by atoms with Gasteiger partial charge in [0.05, 0.1) is 24.6 Å². The van der Waals surface area contributed by atoms with Crippen molar-refractivity contribution < 1.29 is 24.0 Å². The van der Waals surface area contributed by atoms with Crippen molar-refractivity contribution in [3.05, 3.63) is 33.9 Å². The quantitative estimate of drug-likeness (QED) is 0.537. The van der Waals surface area contributed by atoms with Crippen molar-refractivity contribution in [2.75, 3.05) is 20.3 Å². The average molecular weight is 337 g/mol. The first-order chi connectivity index (χ1) is 11.4. The Hall–Kier alpha value is -2.68. The minimum atomic E-state index is -0.992. The third-order valence-corrected chi connectivity index (χ3v) is 3.86. The van der Waals surface area contributed by atoms with Gasteiger partial charge in [0.2, 0.25) is 11.8 Å². The zero-order valence-electron chi connectivity index (χ0n) is 13.2. The van der Waals surface area contributed by atoms with Crippen molar-refractivity contribution in [2.24, 2.45) is 11.7 Å². The lowest BCUT2D eigenvalue weighted by atomic mass is 10.0. The molecule has 0 aromatic heterocycles. The maximum atomic E-state index is 12.1. The van der Waals surface area contributed by atoms with Crippen LogP contribution < -0.4 is 15.8 Å². The number of hydrogen-bond donors (Lipinski definition) is 2. The van der Waals surface area contributed by atoms with Gasteiger partial charge in [-0.1, -0.05) is 0 Å². The van der Waals surface area contributed by atoms with Gasteiger partial charge >= 0.3 is 0 Å². The Morgan fingerprint density at radius 1 is 1.54 bits per heavy atom. The van der Waals surface area contributed by atoms with Crippen LogP contribution in [0, 0.1) is 16.0 Å². The van der Waals surface area contributed by atoms with E-state index in [4.69, 9.17) is 15.2 Å². The largest absolute Gasteiger partial charge is 0.496 e. The predicted octanol–water partition coefficient (Wildman–Crippen LogP) is 0.152. The number of rotatable bonds is 7. The van der Waals surface area contributed by atoms with Gasteiger partial charge in [-0.15, -0.1) is 0 Å². The van der Waals surface area contributed by atoms with E-state index < -0.39 is 16.9 Å². The number of carbonyl (C=O) groups is 2. The molecule has 2 rings (SSSR count). The van der Waals surface area contributed by atoms with E-state index in [9.17, 15) is 19.7 Å². The van der Waals surface area contributed by atoms with Gasteiger partial charge in [0, 0.05) is 30.7 Å². The third kappa shape index (κ3) is 4.19. The number of nitro benzene ring substituents is 1. The molecule has 2 atom stereocenters. The molecule has 0 unspecified atom stereocenters. The van der Waals surface area contributed by atoms with Crippen LogP contribution in [-0.2, 0) is 20.7 Å². The average Bonchev–Trinajstić information content (AvgIpc) is 3.08. The molecule has 0 bridgehead atoms. The van der Waals surface area contributed by atoms with E-state index in [1.165, 1.54) is 25.3 Å². The molecule has 24 heavy (non-hydrogen) atoms. The lowest BCUT2D eigenvalue weighted by Gasteiger charge is -2.19. The topological polar surface area (TPSA) is 134 Å². The van der Waals surface area contributed by atoms with Gasteiger partial charge in [0.15, 0.2) is 0 Å². The highest BCUT2D eigenvalue weighted by atomic mass is 16.6. The Morgan fingerprint density at radius 3 is 2.83 bits per heavy atom. The van der Waals surface area contributed by atoms with Crippen LogP contribution in [0.5, 0.6) is 5.75 Å².